The van der Waals surface area contributed by atoms with Gasteiger partial charge in [-0.1, -0.05) is 71.2 Å². The summed E-state index contributed by atoms with van der Waals surface area (Å²) in [5.74, 6) is 0.164. The molecule has 6 rings (SSSR count). The Balaban J connectivity index is 1.26. The SMILES string of the molecule is COc1cc(-c2cccc(-c3ccc(Cl)c4c3cnn4Cc3cc(OC)c(CNC(CO)C(=O)O)cc3Cl)c2Cl)ccc1CNCC1CCC(=O)N1. The molecule has 1 amide bonds. The van der Waals surface area contributed by atoms with Crippen molar-refractivity contribution in [3.8, 4) is 33.8 Å². The summed E-state index contributed by atoms with van der Waals surface area (Å²) in [6.45, 7) is 1.11. The quantitative estimate of drug-likeness (QED) is 0.0829. The third-order valence-electron chi connectivity index (χ3n) is 9.22. The first-order chi connectivity index (χ1) is 25.1. The number of aliphatic hydroxyl groups is 1. The van der Waals surface area contributed by atoms with Crippen LogP contribution >= 0.6 is 34.8 Å². The molecule has 5 aromatic rings. The zero-order valence-electron chi connectivity index (χ0n) is 28.5. The number of benzene rings is 4. The Hall–Kier alpha value is -4.36. The second-order valence-electron chi connectivity index (χ2n) is 12.5. The highest BCUT2D eigenvalue weighted by atomic mass is 35.5. The lowest BCUT2D eigenvalue weighted by molar-refractivity contribution is -0.140. The van der Waals surface area contributed by atoms with Crippen LogP contribution in [0.4, 0.5) is 0 Å². The number of aliphatic carboxylic acids is 1. The standard InChI is InChI=1S/C38H38Cl3N5O6/c1-51-33-13-21(6-7-22(33)15-42-17-25-8-11-35(48)45-25)26-4-3-5-28(36(26)41)27-9-10-30(39)37-29(27)18-44-46(37)19-24-14-34(52-2)23(12-31(24)40)16-43-32(20-47)38(49)50/h3-7,9-10,12-14,18,25,32,42-43,47H,8,11,15-17,19-20H2,1-2H3,(H,45,48)(H,49,50). The van der Waals surface area contributed by atoms with Crippen molar-refractivity contribution < 1.29 is 29.3 Å². The van der Waals surface area contributed by atoms with Gasteiger partial charge in [0.1, 0.15) is 17.5 Å². The van der Waals surface area contributed by atoms with Gasteiger partial charge in [0.15, 0.2) is 0 Å². The fraction of sp³-hybridized carbons (Fsp3) is 0.289. The molecular formula is C38H38Cl3N5O6. The van der Waals surface area contributed by atoms with E-state index < -0.39 is 18.6 Å². The Morgan fingerprint density at radius 3 is 2.44 bits per heavy atom. The van der Waals surface area contributed by atoms with E-state index in [-0.39, 0.29) is 25.0 Å². The fourth-order valence-electron chi connectivity index (χ4n) is 6.46. The van der Waals surface area contributed by atoms with E-state index in [9.17, 15) is 19.8 Å². The third kappa shape index (κ3) is 8.00. The van der Waals surface area contributed by atoms with E-state index in [0.717, 1.165) is 45.4 Å². The summed E-state index contributed by atoms with van der Waals surface area (Å²) in [7, 11) is 3.16. The molecule has 4 aromatic carbocycles. The lowest BCUT2D eigenvalue weighted by Gasteiger charge is -2.16. The molecule has 1 fully saturated rings. The van der Waals surface area contributed by atoms with Gasteiger partial charge in [-0.15, -0.1) is 0 Å². The average molecular weight is 767 g/mol. The maximum Gasteiger partial charge on any atom is 0.323 e. The summed E-state index contributed by atoms with van der Waals surface area (Å²) in [6.07, 6.45) is 3.16. The van der Waals surface area contributed by atoms with Crippen LogP contribution in [0.15, 0.2) is 66.9 Å². The molecule has 0 spiro atoms. The van der Waals surface area contributed by atoms with Gasteiger partial charge in [-0.05, 0) is 47.4 Å². The van der Waals surface area contributed by atoms with Crippen LogP contribution in [0.5, 0.6) is 11.5 Å². The van der Waals surface area contributed by atoms with Crippen molar-refractivity contribution in [3.63, 3.8) is 0 Å². The molecule has 1 aliphatic rings. The van der Waals surface area contributed by atoms with Gasteiger partial charge < -0.3 is 30.3 Å². The van der Waals surface area contributed by atoms with Gasteiger partial charge in [0.25, 0.3) is 0 Å². The summed E-state index contributed by atoms with van der Waals surface area (Å²) >= 11 is 20.7. The minimum Gasteiger partial charge on any atom is -0.496 e. The van der Waals surface area contributed by atoms with Gasteiger partial charge in [-0.25, -0.2) is 0 Å². The lowest BCUT2D eigenvalue weighted by Crippen LogP contribution is -2.39. The van der Waals surface area contributed by atoms with Crippen molar-refractivity contribution in [2.75, 3.05) is 27.4 Å². The minimum absolute atomic E-state index is 0.0961. The zero-order chi connectivity index (χ0) is 36.9. The van der Waals surface area contributed by atoms with Crippen LogP contribution in [0.1, 0.15) is 29.5 Å². The number of aromatic nitrogens is 2. The second-order valence-corrected chi connectivity index (χ2v) is 13.7. The molecule has 0 aliphatic carbocycles. The maximum absolute atomic E-state index is 11.5. The number of nitrogens with one attached hydrogen (secondary N) is 3. The average Bonchev–Trinajstić information content (AvgIpc) is 3.76. The van der Waals surface area contributed by atoms with Gasteiger partial charge in [-0.2, -0.15) is 5.10 Å². The van der Waals surface area contributed by atoms with E-state index in [0.29, 0.717) is 57.0 Å². The first-order valence-electron chi connectivity index (χ1n) is 16.6. The lowest BCUT2D eigenvalue weighted by atomic mass is 9.96. The molecule has 11 nitrogen and oxygen atoms in total. The Kier molecular flexibility index (Phi) is 11.9. The highest BCUT2D eigenvalue weighted by Crippen LogP contribution is 2.42. The van der Waals surface area contributed by atoms with E-state index in [2.05, 4.69) is 21.0 Å². The summed E-state index contributed by atoms with van der Waals surface area (Å²) in [5.41, 5.74) is 6.43. The van der Waals surface area contributed by atoms with E-state index >= 15 is 0 Å². The maximum atomic E-state index is 11.5. The number of carbonyl (C=O) groups is 2. The van der Waals surface area contributed by atoms with Crippen LogP contribution in [0, 0.1) is 0 Å². The number of amides is 1. The number of methoxy groups -OCH3 is 2. The number of halogens is 3. The molecule has 2 heterocycles. The van der Waals surface area contributed by atoms with Gasteiger partial charge in [0.05, 0.1) is 49.1 Å². The Morgan fingerprint density at radius 2 is 1.73 bits per heavy atom. The number of carboxylic acids is 1. The Bertz CT molecular complexity index is 2120. The Labute approximate surface area is 315 Å². The van der Waals surface area contributed by atoms with Crippen LogP contribution in [0.3, 0.4) is 0 Å². The van der Waals surface area contributed by atoms with Crippen LogP contribution in [-0.2, 0) is 29.2 Å². The van der Waals surface area contributed by atoms with Crippen molar-refractivity contribution in [2.24, 2.45) is 0 Å². The summed E-state index contributed by atoms with van der Waals surface area (Å²) in [6, 6.07) is 18.2. The Morgan fingerprint density at radius 1 is 0.962 bits per heavy atom. The normalized spacial score (nSPS) is 14.8. The number of hydrogen-bond acceptors (Lipinski definition) is 8. The molecule has 0 saturated carbocycles. The van der Waals surface area contributed by atoms with E-state index in [1.165, 1.54) is 7.11 Å². The van der Waals surface area contributed by atoms with Crippen molar-refractivity contribution in [2.45, 2.75) is 44.6 Å². The molecule has 1 aromatic heterocycles. The van der Waals surface area contributed by atoms with Crippen LogP contribution in [0.2, 0.25) is 15.1 Å². The van der Waals surface area contributed by atoms with E-state index in [1.807, 2.05) is 48.5 Å². The molecule has 52 heavy (non-hydrogen) atoms. The number of hydrogen-bond donors (Lipinski definition) is 5. The van der Waals surface area contributed by atoms with Crippen LogP contribution in [-0.4, -0.2) is 71.3 Å². The molecule has 5 N–H and O–H groups in total. The van der Waals surface area contributed by atoms with Crippen molar-refractivity contribution >= 4 is 57.6 Å². The number of nitrogens with zero attached hydrogens (tertiary/aromatic N) is 2. The predicted octanol–water partition coefficient (Wildman–Crippen LogP) is 6.30. The molecule has 1 aliphatic heterocycles. The predicted molar refractivity (Wildman–Crippen MR) is 203 cm³/mol. The number of carbonyl (C=O) groups excluding carboxylic acids is 1. The number of aliphatic hydroxyl groups excluding tert-OH is 1. The minimum atomic E-state index is -1.16. The van der Waals surface area contributed by atoms with E-state index in [4.69, 9.17) is 44.3 Å². The molecule has 2 unspecified atom stereocenters. The molecule has 0 radical (unpaired) electrons. The number of ether oxygens (including phenoxy) is 2. The van der Waals surface area contributed by atoms with Gasteiger partial charge >= 0.3 is 5.97 Å². The number of fused-ring (bicyclic) bond motifs is 1. The largest absolute Gasteiger partial charge is 0.496 e. The first kappa shape index (κ1) is 37.4. The summed E-state index contributed by atoms with van der Waals surface area (Å²) in [5, 5.41) is 34.8. The topological polar surface area (TPSA) is 147 Å². The summed E-state index contributed by atoms with van der Waals surface area (Å²) < 4.78 is 13.1. The van der Waals surface area contributed by atoms with Crippen LogP contribution in [0.25, 0.3) is 33.2 Å². The van der Waals surface area contributed by atoms with Crippen molar-refractivity contribution in [1.29, 1.82) is 0 Å². The van der Waals surface area contributed by atoms with Gasteiger partial charge in [0.2, 0.25) is 5.91 Å². The van der Waals surface area contributed by atoms with Crippen molar-refractivity contribution in [3.05, 3.63) is 98.6 Å². The number of carboxylic acid groups (broad SMARTS) is 1. The highest BCUT2D eigenvalue weighted by molar-refractivity contribution is 6.38. The summed E-state index contributed by atoms with van der Waals surface area (Å²) in [4.78, 5) is 22.9. The van der Waals surface area contributed by atoms with E-state index in [1.54, 1.807) is 30.1 Å². The molecule has 1 saturated heterocycles. The fourth-order valence-corrected chi connectivity index (χ4v) is 7.30. The monoisotopic (exact) mass is 765 g/mol. The number of rotatable bonds is 15. The first-order valence-corrected chi connectivity index (χ1v) is 17.8. The smallest absolute Gasteiger partial charge is 0.323 e. The zero-order valence-corrected chi connectivity index (χ0v) is 30.8. The van der Waals surface area contributed by atoms with Crippen LogP contribution < -0.4 is 25.4 Å². The molecule has 272 valence electrons. The molecule has 2 atom stereocenters. The van der Waals surface area contributed by atoms with Crippen molar-refractivity contribution in [1.82, 2.24) is 25.7 Å². The molecular weight excluding hydrogens is 729 g/mol. The van der Waals surface area contributed by atoms with Gasteiger partial charge in [-0.3, -0.25) is 19.6 Å². The van der Waals surface area contributed by atoms with Gasteiger partial charge in [0, 0.05) is 64.8 Å². The molecule has 14 heteroatoms. The molecule has 0 bridgehead atoms. The highest BCUT2D eigenvalue weighted by Gasteiger charge is 2.22. The second kappa shape index (κ2) is 16.5. The third-order valence-corrected chi connectivity index (χ3v) is 10.3.